The minimum atomic E-state index is -0.0588. The number of aryl methyl sites for hydroxylation is 6. The summed E-state index contributed by atoms with van der Waals surface area (Å²) < 4.78 is 0. The van der Waals surface area contributed by atoms with E-state index in [1.165, 1.54) is 27.8 Å². The lowest BCUT2D eigenvalue weighted by Crippen LogP contribution is -2.34. The second-order valence-corrected chi connectivity index (χ2v) is 17.8. The molecule has 6 rings (SSSR count). The van der Waals surface area contributed by atoms with E-state index in [1.807, 2.05) is 18.3 Å². The average molecular weight is 809 g/mol. The number of rotatable bonds is 16. The van der Waals surface area contributed by atoms with Crippen LogP contribution in [-0.4, -0.2) is 42.9 Å². The van der Waals surface area contributed by atoms with Crippen LogP contribution in [0.25, 0.3) is 11.1 Å². The van der Waals surface area contributed by atoms with Crippen molar-refractivity contribution in [3.8, 4) is 16.9 Å². The number of aromatic hydroxyl groups is 1. The van der Waals surface area contributed by atoms with E-state index < -0.39 is 0 Å². The standard InChI is InChI=1S/C56H64N4O/c1-39-12-22-49(23-13-39)59(50-24-14-40(2)15-25-50)46(8)32-43(5)30-31-58(11)38-56(9,10)37-57-36-48-21-20-47(35-54(48)61)55-44(6)33-53(34-45(55)7)60(51-26-16-41(3)17-27-51)52-28-18-42(4)19-29-52/h12-29,32-36,61H,8,30-31,37-38H2,1-7,9-11H3/b43-32-,57-36?. The van der Waals surface area contributed by atoms with Crippen LogP contribution in [0.4, 0.5) is 28.4 Å². The molecule has 0 heterocycles. The predicted octanol–water partition coefficient (Wildman–Crippen LogP) is 14.4. The van der Waals surface area contributed by atoms with Gasteiger partial charge >= 0.3 is 0 Å². The van der Waals surface area contributed by atoms with Crippen molar-refractivity contribution in [2.75, 3.05) is 36.5 Å². The summed E-state index contributed by atoms with van der Waals surface area (Å²) >= 11 is 0. The first kappa shape index (κ1) is 44.4. The summed E-state index contributed by atoms with van der Waals surface area (Å²) in [4.78, 5) is 11.8. The van der Waals surface area contributed by atoms with E-state index in [2.05, 4.69) is 212 Å². The molecule has 0 aliphatic rings. The van der Waals surface area contributed by atoms with Gasteiger partial charge in [0.15, 0.2) is 0 Å². The van der Waals surface area contributed by atoms with Crippen LogP contribution < -0.4 is 9.80 Å². The Bertz CT molecular complexity index is 2380. The Balaban J connectivity index is 1.08. The van der Waals surface area contributed by atoms with Crippen LogP contribution in [-0.2, 0) is 0 Å². The molecular weight excluding hydrogens is 745 g/mol. The van der Waals surface area contributed by atoms with Crippen molar-refractivity contribution in [1.82, 2.24) is 4.90 Å². The Morgan fingerprint density at radius 1 is 0.639 bits per heavy atom. The molecule has 6 aromatic carbocycles. The predicted molar refractivity (Wildman–Crippen MR) is 263 cm³/mol. The molecule has 0 unspecified atom stereocenters. The fourth-order valence-corrected chi connectivity index (χ4v) is 8.08. The molecule has 0 atom stereocenters. The number of aliphatic imine (C=N–C) groups is 1. The van der Waals surface area contributed by atoms with Gasteiger partial charge in [-0.05, 0) is 168 Å². The molecule has 0 saturated heterocycles. The fraction of sp³-hybridized carbons (Fsp3) is 0.268. The molecule has 0 saturated carbocycles. The topological polar surface area (TPSA) is 42.3 Å². The zero-order valence-electron chi connectivity index (χ0n) is 38.1. The molecule has 0 amide bonds. The molecule has 6 aromatic rings. The normalized spacial score (nSPS) is 12.0. The lowest BCUT2D eigenvalue weighted by Gasteiger charge is -2.29. The highest BCUT2D eigenvalue weighted by Crippen LogP contribution is 2.40. The average Bonchev–Trinajstić information content (AvgIpc) is 3.20. The number of nitrogens with zero attached hydrogens (tertiary/aromatic N) is 4. The van der Waals surface area contributed by atoms with Crippen LogP contribution in [0.15, 0.2) is 156 Å². The number of allylic oxidation sites excluding steroid dienone is 1. The Hall–Kier alpha value is -6.17. The zero-order chi connectivity index (χ0) is 43.8. The summed E-state index contributed by atoms with van der Waals surface area (Å²) in [5.41, 5.74) is 17.8. The molecular formula is C56H64N4O. The SMILES string of the molecule is C=C(/C=C(/C)CCN(C)CC(C)(C)CN=Cc1ccc(-c2c(C)cc(N(c3ccc(C)cc3)c3ccc(C)cc3)cc2C)cc1O)N(c1ccc(C)cc1)c1ccc(C)cc1. The van der Waals surface area contributed by atoms with Crippen LogP contribution in [0.5, 0.6) is 5.75 Å². The molecule has 0 aliphatic heterocycles. The number of benzene rings is 6. The Morgan fingerprint density at radius 3 is 1.56 bits per heavy atom. The zero-order valence-corrected chi connectivity index (χ0v) is 38.1. The maximum absolute atomic E-state index is 11.2. The Labute approximate surface area is 366 Å². The van der Waals surface area contributed by atoms with Gasteiger partial charge in [0, 0.05) is 65.5 Å². The monoisotopic (exact) mass is 809 g/mol. The maximum Gasteiger partial charge on any atom is 0.124 e. The van der Waals surface area contributed by atoms with Crippen molar-refractivity contribution in [2.45, 2.75) is 68.7 Å². The van der Waals surface area contributed by atoms with E-state index >= 15 is 0 Å². The first-order valence-corrected chi connectivity index (χ1v) is 21.4. The summed E-state index contributed by atoms with van der Waals surface area (Å²) in [6.45, 7) is 26.4. The highest BCUT2D eigenvalue weighted by Gasteiger charge is 2.21. The highest BCUT2D eigenvalue weighted by molar-refractivity contribution is 5.87. The lowest BCUT2D eigenvalue weighted by molar-refractivity contribution is 0.218. The van der Waals surface area contributed by atoms with E-state index in [0.717, 1.165) is 81.5 Å². The van der Waals surface area contributed by atoms with E-state index in [-0.39, 0.29) is 11.2 Å². The largest absolute Gasteiger partial charge is 0.507 e. The number of phenols is 1. The molecule has 0 fully saturated rings. The van der Waals surface area contributed by atoms with Gasteiger partial charge in [-0.1, -0.05) is 103 Å². The fourth-order valence-electron chi connectivity index (χ4n) is 8.08. The molecule has 5 heteroatoms. The van der Waals surface area contributed by atoms with Gasteiger partial charge in [0.1, 0.15) is 5.75 Å². The third-order valence-corrected chi connectivity index (χ3v) is 11.3. The third kappa shape index (κ3) is 11.6. The van der Waals surface area contributed by atoms with Crippen molar-refractivity contribution in [2.24, 2.45) is 10.4 Å². The summed E-state index contributed by atoms with van der Waals surface area (Å²) in [5, 5.41) is 11.2. The molecule has 0 aliphatic carbocycles. The van der Waals surface area contributed by atoms with Gasteiger partial charge in [-0.3, -0.25) is 4.99 Å². The third-order valence-electron chi connectivity index (χ3n) is 11.3. The van der Waals surface area contributed by atoms with Crippen molar-refractivity contribution < 1.29 is 5.11 Å². The van der Waals surface area contributed by atoms with Crippen molar-refractivity contribution in [3.63, 3.8) is 0 Å². The summed E-state index contributed by atoms with van der Waals surface area (Å²) in [6, 6.07) is 45.0. The van der Waals surface area contributed by atoms with E-state index in [0.29, 0.717) is 6.54 Å². The van der Waals surface area contributed by atoms with Crippen LogP contribution in [0.3, 0.4) is 0 Å². The van der Waals surface area contributed by atoms with Crippen molar-refractivity contribution in [1.29, 1.82) is 0 Å². The van der Waals surface area contributed by atoms with Gasteiger partial charge < -0.3 is 19.8 Å². The molecule has 0 radical (unpaired) electrons. The minimum absolute atomic E-state index is 0.0588. The van der Waals surface area contributed by atoms with Gasteiger partial charge in [-0.2, -0.15) is 0 Å². The van der Waals surface area contributed by atoms with Crippen molar-refractivity contribution >= 4 is 34.7 Å². The molecule has 0 aromatic heterocycles. The quantitative estimate of drug-likeness (QED) is 0.0781. The number of hydrogen-bond donors (Lipinski definition) is 1. The van der Waals surface area contributed by atoms with Gasteiger partial charge in [0.25, 0.3) is 0 Å². The smallest absolute Gasteiger partial charge is 0.124 e. The highest BCUT2D eigenvalue weighted by atomic mass is 16.3. The van der Waals surface area contributed by atoms with Crippen LogP contribution >= 0.6 is 0 Å². The Morgan fingerprint density at radius 2 is 1.10 bits per heavy atom. The van der Waals surface area contributed by atoms with E-state index in [4.69, 9.17) is 4.99 Å². The minimum Gasteiger partial charge on any atom is -0.507 e. The number of anilines is 5. The second-order valence-electron chi connectivity index (χ2n) is 17.8. The maximum atomic E-state index is 11.2. The molecule has 61 heavy (non-hydrogen) atoms. The van der Waals surface area contributed by atoms with Crippen LogP contribution in [0.1, 0.15) is 66.1 Å². The van der Waals surface area contributed by atoms with E-state index in [1.54, 1.807) is 0 Å². The van der Waals surface area contributed by atoms with Crippen LogP contribution in [0.2, 0.25) is 0 Å². The molecule has 5 nitrogen and oxygen atoms in total. The molecule has 0 spiro atoms. The molecule has 1 N–H and O–H groups in total. The second kappa shape index (κ2) is 19.5. The summed E-state index contributed by atoms with van der Waals surface area (Å²) in [7, 11) is 2.18. The van der Waals surface area contributed by atoms with Gasteiger partial charge in [0.2, 0.25) is 0 Å². The van der Waals surface area contributed by atoms with E-state index in [9.17, 15) is 5.11 Å². The number of hydrogen-bond acceptors (Lipinski definition) is 5. The molecule has 314 valence electrons. The number of phenolic OH excluding ortho intramolecular Hbond substituents is 1. The first-order chi connectivity index (χ1) is 29.1. The van der Waals surface area contributed by atoms with Crippen molar-refractivity contribution in [3.05, 3.63) is 190 Å². The van der Waals surface area contributed by atoms with Gasteiger partial charge in [0.05, 0.1) is 0 Å². The van der Waals surface area contributed by atoms with Crippen LogP contribution in [0, 0.1) is 47.0 Å². The lowest BCUT2D eigenvalue weighted by atomic mass is 9.92. The Kier molecular flexibility index (Phi) is 14.2. The first-order valence-electron chi connectivity index (χ1n) is 21.4. The van der Waals surface area contributed by atoms with Gasteiger partial charge in [-0.25, -0.2) is 0 Å². The molecule has 0 bridgehead atoms. The summed E-state index contributed by atoms with van der Waals surface area (Å²) in [6.07, 6.45) is 4.96. The summed E-state index contributed by atoms with van der Waals surface area (Å²) in [5.74, 6) is 0.229. The van der Waals surface area contributed by atoms with Gasteiger partial charge in [-0.15, -0.1) is 0 Å².